The average Bonchev–Trinajstić information content (AvgIpc) is 3.24. The van der Waals surface area contributed by atoms with Crippen LogP contribution in [0, 0.1) is 0 Å². The van der Waals surface area contributed by atoms with Crippen LogP contribution in [0.3, 0.4) is 0 Å². The van der Waals surface area contributed by atoms with E-state index in [9.17, 15) is 4.79 Å². The van der Waals surface area contributed by atoms with Gasteiger partial charge in [0.25, 0.3) is 0 Å². The molecule has 1 aliphatic rings. The quantitative estimate of drug-likeness (QED) is 0.711. The molecule has 3 rings (SSSR count). The number of hydrogen-bond donors (Lipinski definition) is 2. The first-order chi connectivity index (χ1) is 11.7. The lowest BCUT2D eigenvalue weighted by Gasteiger charge is -2.12. The van der Waals surface area contributed by atoms with E-state index < -0.39 is 0 Å². The summed E-state index contributed by atoms with van der Waals surface area (Å²) in [5, 5.41) is 2.93. The van der Waals surface area contributed by atoms with Gasteiger partial charge < -0.3 is 10.2 Å². The third kappa shape index (κ3) is 5.30. The van der Waals surface area contributed by atoms with E-state index >= 15 is 0 Å². The molecular formula is C19H22BrN2OS+. The smallest absolute Gasteiger partial charge is 0.244 e. The van der Waals surface area contributed by atoms with Gasteiger partial charge in [0.05, 0.1) is 16.9 Å². The monoisotopic (exact) mass is 405 g/mol. The van der Waals surface area contributed by atoms with E-state index in [4.69, 9.17) is 0 Å². The van der Waals surface area contributed by atoms with Crippen LogP contribution in [-0.2, 0) is 17.9 Å². The highest BCUT2D eigenvalue weighted by Crippen LogP contribution is 2.22. The largest absolute Gasteiger partial charge is 0.348 e. The average molecular weight is 406 g/mol. The van der Waals surface area contributed by atoms with E-state index in [1.807, 2.05) is 18.2 Å². The van der Waals surface area contributed by atoms with Gasteiger partial charge in [0.1, 0.15) is 6.54 Å². The number of hydrogen-bond acceptors (Lipinski definition) is 2. The van der Waals surface area contributed by atoms with Crippen LogP contribution in [0.25, 0.3) is 6.08 Å². The van der Waals surface area contributed by atoms with Crippen LogP contribution >= 0.6 is 27.3 Å². The van der Waals surface area contributed by atoms with E-state index in [2.05, 4.69) is 45.5 Å². The number of halogens is 1. The number of likely N-dealkylation sites (tertiary alicyclic amines) is 1. The molecule has 2 aromatic rings. The number of amides is 1. The number of nitrogens with one attached hydrogen (secondary N) is 2. The first-order valence-corrected chi connectivity index (χ1v) is 9.92. The van der Waals surface area contributed by atoms with E-state index in [0.717, 1.165) is 20.8 Å². The highest BCUT2D eigenvalue weighted by atomic mass is 79.9. The minimum atomic E-state index is -0.0647. The molecule has 1 amide bonds. The van der Waals surface area contributed by atoms with Crippen LogP contribution in [0.15, 0.2) is 46.3 Å². The maximum atomic E-state index is 11.9. The molecule has 0 atom stereocenters. The number of benzene rings is 1. The molecule has 1 fully saturated rings. The van der Waals surface area contributed by atoms with Crippen LogP contribution in [0.1, 0.15) is 28.8 Å². The molecule has 24 heavy (non-hydrogen) atoms. The van der Waals surface area contributed by atoms with Crippen molar-refractivity contribution in [1.82, 2.24) is 5.32 Å². The van der Waals surface area contributed by atoms with Crippen molar-refractivity contribution in [3.8, 4) is 0 Å². The summed E-state index contributed by atoms with van der Waals surface area (Å²) in [6.07, 6.45) is 6.14. The molecule has 1 aliphatic heterocycles. The van der Waals surface area contributed by atoms with Gasteiger partial charge in [-0.15, -0.1) is 11.3 Å². The van der Waals surface area contributed by atoms with Crippen LogP contribution in [0.5, 0.6) is 0 Å². The summed E-state index contributed by atoms with van der Waals surface area (Å²) in [7, 11) is 0. The Morgan fingerprint density at radius 2 is 1.83 bits per heavy atom. The number of rotatable bonds is 6. The Labute approximate surface area is 155 Å². The fourth-order valence-corrected chi connectivity index (χ4v) is 4.27. The Morgan fingerprint density at radius 3 is 2.50 bits per heavy atom. The Hall–Kier alpha value is -1.43. The summed E-state index contributed by atoms with van der Waals surface area (Å²) in [6.45, 7) is 4.27. The van der Waals surface area contributed by atoms with Crippen molar-refractivity contribution in [3.63, 3.8) is 0 Å². The Kier molecular flexibility index (Phi) is 6.24. The first kappa shape index (κ1) is 17.4. The minimum absolute atomic E-state index is 0.0647. The van der Waals surface area contributed by atoms with Crippen molar-refractivity contribution < 1.29 is 9.69 Å². The topological polar surface area (TPSA) is 33.5 Å². The second-order valence-corrected chi connectivity index (χ2v) is 8.64. The zero-order valence-corrected chi connectivity index (χ0v) is 16.0. The molecule has 5 heteroatoms. The van der Waals surface area contributed by atoms with Crippen LogP contribution < -0.4 is 10.2 Å². The molecule has 1 aromatic carbocycles. The maximum absolute atomic E-state index is 11.9. The molecule has 126 valence electrons. The molecule has 0 bridgehead atoms. The summed E-state index contributed by atoms with van der Waals surface area (Å²) in [6, 6.07) is 12.6. The van der Waals surface area contributed by atoms with Gasteiger partial charge in [-0.25, -0.2) is 0 Å². The molecule has 0 saturated carbocycles. The highest BCUT2D eigenvalue weighted by molar-refractivity contribution is 9.11. The van der Waals surface area contributed by atoms with E-state index in [1.54, 1.807) is 22.3 Å². The van der Waals surface area contributed by atoms with Gasteiger partial charge in [0.15, 0.2) is 0 Å². The fourth-order valence-electron chi connectivity index (χ4n) is 2.94. The third-order valence-electron chi connectivity index (χ3n) is 4.25. The summed E-state index contributed by atoms with van der Waals surface area (Å²) >= 11 is 5.02. The highest BCUT2D eigenvalue weighted by Gasteiger charge is 2.15. The van der Waals surface area contributed by atoms with Crippen molar-refractivity contribution in [1.29, 1.82) is 0 Å². The number of thiophene rings is 1. The molecule has 1 aromatic heterocycles. The normalized spacial score (nSPS) is 15.2. The predicted octanol–water partition coefficient (Wildman–Crippen LogP) is 3.02. The first-order valence-electron chi connectivity index (χ1n) is 8.32. The van der Waals surface area contributed by atoms with Gasteiger partial charge >= 0.3 is 0 Å². The van der Waals surface area contributed by atoms with Crippen LogP contribution in [0.2, 0.25) is 0 Å². The third-order valence-corrected chi connectivity index (χ3v) is 5.84. The Bertz CT molecular complexity index is 702. The fraction of sp³-hybridized carbons (Fsp3) is 0.316. The van der Waals surface area contributed by atoms with Crippen molar-refractivity contribution in [2.45, 2.75) is 25.9 Å². The van der Waals surface area contributed by atoms with Crippen molar-refractivity contribution >= 4 is 39.2 Å². The van der Waals surface area contributed by atoms with Crippen molar-refractivity contribution in [2.75, 3.05) is 13.1 Å². The summed E-state index contributed by atoms with van der Waals surface area (Å²) < 4.78 is 1.07. The van der Waals surface area contributed by atoms with Crippen LogP contribution in [-0.4, -0.2) is 19.0 Å². The molecule has 3 nitrogen and oxygen atoms in total. The second kappa shape index (κ2) is 8.60. The molecule has 0 aliphatic carbocycles. The Morgan fingerprint density at radius 1 is 1.12 bits per heavy atom. The lowest BCUT2D eigenvalue weighted by atomic mass is 10.1. The minimum Gasteiger partial charge on any atom is -0.348 e. The van der Waals surface area contributed by atoms with E-state index in [1.165, 1.54) is 31.5 Å². The molecule has 1 saturated heterocycles. The zero-order chi connectivity index (χ0) is 16.8. The van der Waals surface area contributed by atoms with Gasteiger partial charge in [-0.05, 0) is 39.7 Å². The number of quaternary nitrogens is 1. The molecule has 2 heterocycles. The molecule has 0 unspecified atom stereocenters. The lowest BCUT2D eigenvalue weighted by molar-refractivity contribution is -0.901. The molecule has 2 N–H and O–H groups in total. The zero-order valence-electron chi connectivity index (χ0n) is 13.6. The molecule has 0 radical (unpaired) electrons. The van der Waals surface area contributed by atoms with Crippen LogP contribution in [0.4, 0.5) is 0 Å². The van der Waals surface area contributed by atoms with Crippen molar-refractivity contribution in [3.05, 3.63) is 62.3 Å². The lowest BCUT2D eigenvalue weighted by Crippen LogP contribution is -3.08. The standard InChI is InChI=1S/C19H21BrN2OS/c20-18-9-7-17(24-18)8-10-19(23)21-13-15-3-5-16(6-4-15)14-22-11-1-2-12-22/h3-10H,1-2,11-14H2,(H,21,23)/p+1/b10-8+. The molecule has 0 spiro atoms. The van der Waals surface area contributed by atoms with Gasteiger partial charge in [0, 0.05) is 35.9 Å². The van der Waals surface area contributed by atoms with E-state index in [0.29, 0.717) is 6.54 Å². The number of carbonyl (C=O) groups is 1. The molecular weight excluding hydrogens is 384 g/mol. The summed E-state index contributed by atoms with van der Waals surface area (Å²) in [5.41, 5.74) is 2.51. The summed E-state index contributed by atoms with van der Waals surface area (Å²) in [4.78, 5) is 14.6. The maximum Gasteiger partial charge on any atom is 0.244 e. The Balaban J connectivity index is 1.45. The summed E-state index contributed by atoms with van der Waals surface area (Å²) in [5.74, 6) is -0.0647. The van der Waals surface area contributed by atoms with Gasteiger partial charge in [-0.3, -0.25) is 4.79 Å². The predicted molar refractivity (Wildman–Crippen MR) is 103 cm³/mol. The SMILES string of the molecule is O=C(/C=C/c1ccc(Br)s1)NCc1ccc(C[NH+]2CCCC2)cc1. The number of carbonyl (C=O) groups excluding carboxylic acids is 1. The van der Waals surface area contributed by atoms with Gasteiger partial charge in [0.2, 0.25) is 5.91 Å². The second-order valence-electron chi connectivity index (χ2n) is 6.14. The van der Waals surface area contributed by atoms with Gasteiger partial charge in [-0.2, -0.15) is 0 Å². The van der Waals surface area contributed by atoms with Gasteiger partial charge in [-0.1, -0.05) is 24.3 Å². The van der Waals surface area contributed by atoms with Crippen molar-refractivity contribution in [2.24, 2.45) is 0 Å². The van der Waals surface area contributed by atoms with E-state index in [-0.39, 0.29) is 5.91 Å².